The van der Waals surface area contributed by atoms with Crippen molar-refractivity contribution in [2.45, 2.75) is 12.8 Å². The standard InChI is InChI=1S/2C18H20NO2.HI.H/c2*1-19-10-9-14-11-16(20-2)17(21-3)12-15(14)18(19)13-7-5-4-6-8-13;;/h2*4-8,11-12H,9-10H2,1-3H3;1H;/q2*+1;;-1/p-1. The first-order chi connectivity index (χ1) is 20.5. The van der Waals surface area contributed by atoms with Gasteiger partial charge in [0.15, 0.2) is 23.0 Å². The summed E-state index contributed by atoms with van der Waals surface area (Å²) >= 11 is 0. The molecule has 7 heteroatoms. The van der Waals surface area contributed by atoms with Gasteiger partial charge in [0.25, 0.3) is 0 Å². The highest BCUT2D eigenvalue weighted by atomic mass is 127. The summed E-state index contributed by atoms with van der Waals surface area (Å²) in [6.45, 7) is 2.01. The molecule has 0 unspecified atom stereocenters. The highest BCUT2D eigenvalue weighted by Crippen LogP contribution is 2.34. The van der Waals surface area contributed by atoms with Gasteiger partial charge in [-0.15, -0.1) is 0 Å². The van der Waals surface area contributed by atoms with Crippen LogP contribution < -0.4 is 42.9 Å². The molecular weight excluding hydrogens is 651 g/mol. The third-order valence-electron chi connectivity index (χ3n) is 8.02. The third-order valence-corrected chi connectivity index (χ3v) is 8.02. The van der Waals surface area contributed by atoms with Gasteiger partial charge in [0.05, 0.1) is 39.6 Å². The predicted molar refractivity (Wildman–Crippen MR) is 169 cm³/mol. The minimum atomic E-state index is 0. The average molecular weight is 693 g/mol. The number of likely N-dealkylation sites (N-methyl/N-ethyl adjacent to an activating group) is 2. The molecule has 0 aromatic heterocycles. The van der Waals surface area contributed by atoms with Crippen molar-refractivity contribution in [3.05, 3.63) is 118 Å². The Labute approximate surface area is 273 Å². The molecular formula is C36H41IN2O4. The second-order valence-electron chi connectivity index (χ2n) is 10.5. The van der Waals surface area contributed by atoms with Crippen LogP contribution in [0, 0.1) is 0 Å². The molecule has 0 N–H and O–H groups in total. The van der Waals surface area contributed by atoms with Gasteiger partial charge in [-0.25, -0.2) is 9.15 Å². The van der Waals surface area contributed by atoms with E-state index in [1.54, 1.807) is 28.4 Å². The van der Waals surface area contributed by atoms with Crippen LogP contribution in [0.4, 0.5) is 0 Å². The van der Waals surface area contributed by atoms with Crippen molar-refractivity contribution in [1.29, 1.82) is 0 Å². The molecule has 0 aliphatic carbocycles. The monoisotopic (exact) mass is 692 g/mol. The molecule has 0 atom stereocenters. The lowest BCUT2D eigenvalue weighted by molar-refractivity contribution is -0.497. The van der Waals surface area contributed by atoms with E-state index in [2.05, 4.69) is 96.0 Å². The Morgan fingerprint density at radius 3 is 1.16 bits per heavy atom. The van der Waals surface area contributed by atoms with Crippen LogP contribution in [0.15, 0.2) is 84.9 Å². The molecule has 4 aromatic rings. The van der Waals surface area contributed by atoms with Crippen LogP contribution in [0.2, 0.25) is 0 Å². The molecule has 0 saturated carbocycles. The van der Waals surface area contributed by atoms with Crippen molar-refractivity contribution < 1.29 is 53.5 Å². The molecule has 0 radical (unpaired) electrons. The SMILES string of the molecule is COc1cc2c(cc1OC)C(c1ccccc1)=[N+](C)CC2.COc1cc2c(cc1OC)C(c1ccccc1)=[N+](C)CC2.[H-].[I-]. The molecule has 0 fully saturated rings. The summed E-state index contributed by atoms with van der Waals surface area (Å²) < 4.78 is 26.4. The van der Waals surface area contributed by atoms with E-state index in [4.69, 9.17) is 18.9 Å². The summed E-state index contributed by atoms with van der Waals surface area (Å²) in [5.74, 6) is 3.15. The average Bonchev–Trinajstić information content (AvgIpc) is 3.04. The molecule has 0 amide bonds. The Morgan fingerprint density at radius 1 is 0.512 bits per heavy atom. The number of rotatable bonds is 6. The highest BCUT2D eigenvalue weighted by Gasteiger charge is 2.28. The molecule has 2 aliphatic rings. The fourth-order valence-electron chi connectivity index (χ4n) is 5.85. The van der Waals surface area contributed by atoms with Crippen LogP contribution in [-0.4, -0.2) is 76.2 Å². The maximum Gasteiger partial charge on any atom is 0.214 e. The first kappa shape index (κ1) is 32.1. The summed E-state index contributed by atoms with van der Waals surface area (Å²) in [7, 11) is 11.0. The second-order valence-corrected chi connectivity index (χ2v) is 10.5. The van der Waals surface area contributed by atoms with Crippen molar-refractivity contribution in [3.63, 3.8) is 0 Å². The van der Waals surface area contributed by atoms with Gasteiger partial charge in [-0.3, -0.25) is 0 Å². The summed E-state index contributed by atoms with van der Waals surface area (Å²) in [6, 6.07) is 29.4. The molecule has 226 valence electrons. The van der Waals surface area contributed by atoms with Crippen molar-refractivity contribution in [1.82, 2.24) is 0 Å². The van der Waals surface area contributed by atoms with Gasteiger partial charge in [0, 0.05) is 24.0 Å². The quantitative estimate of drug-likeness (QED) is 0.231. The maximum atomic E-state index is 5.46. The van der Waals surface area contributed by atoms with Gasteiger partial charge < -0.3 is 44.4 Å². The van der Waals surface area contributed by atoms with Gasteiger partial charge in [-0.1, -0.05) is 36.4 Å². The van der Waals surface area contributed by atoms with Crippen molar-refractivity contribution in [2.24, 2.45) is 0 Å². The smallest absolute Gasteiger partial charge is 0.214 e. The highest BCUT2D eigenvalue weighted by molar-refractivity contribution is 6.12. The fourth-order valence-corrected chi connectivity index (χ4v) is 5.85. The van der Waals surface area contributed by atoms with E-state index in [1.807, 2.05) is 12.1 Å². The zero-order valence-corrected chi connectivity index (χ0v) is 28.0. The Balaban J connectivity index is 0.000000230. The van der Waals surface area contributed by atoms with Crippen LogP contribution >= 0.6 is 0 Å². The van der Waals surface area contributed by atoms with Crippen molar-refractivity contribution >= 4 is 11.4 Å². The van der Waals surface area contributed by atoms with E-state index in [0.29, 0.717) is 0 Å². The first-order valence-corrected chi connectivity index (χ1v) is 14.3. The Kier molecular flexibility index (Phi) is 10.9. The number of halogens is 1. The van der Waals surface area contributed by atoms with E-state index >= 15 is 0 Å². The zero-order valence-electron chi connectivity index (χ0n) is 26.8. The minimum Gasteiger partial charge on any atom is -1.00 e. The molecule has 4 aromatic carbocycles. The predicted octanol–water partition coefficient (Wildman–Crippen LogP) is 2.60. The zero-order chi connectivity index (χ0) is 29.6. The van der Waals surface area contributed by atoms with Crippen LogP contribution in [0.25, 0.3) is 0 Å². The van der Waals surface area contributed by atoms with E-state index < -0.39 is 0 Å². The number of fused-ring (bicyclic) bond motifs is 2. The van der Waals surface area contributed by atoms with Crippen LogP contribution in [0.1, 0.15) is 34.8 Å². The molecule has 2 aliphatic heterocycles. The lowest BCUT2D eigenvalue weighted by atomic mass is 9.92. The van der Waals surface area contributed by atoms with Gasteiger partial charge in [-0.05, 0) is 59.7 Å². The number of nitrogens with zero attached hydrogens (tertiary/aromatic N) is 2. The molecule has 6 nitrogen and oxygen atoms in total. The van der Waals surface area contributed by atoms with Gasteiger partial charge in [0.2, 0.25) is 11.4 Å². The summed E-state index contributed by atoms with van der Waals surface area (Å²) in [5.41, 5.74) is 10.0. The Morgan fingerprint density at radius 2 is 0.837 bits per heavy atom. The largest absolute Gasteiger partial charge is 1.00 e. The summed E-state index contributed by atoms with van der Waals surface area (Å²) in [5, 5.41) is 0. The number of hydrogen-bond donors (Lipinski definition) is 0. The molecule has 6 rings (SSSR count). The first-order valence-electron chi connectivity index (χ1n) is 14.3. The second kappa shape index (κ2) is 14.6. The topological polar surface area (TPSA) is 42.9 Å². The molecule has 0 bridgehead atoms. The number of benzene rings is 4. The van der Waals surface area contributed by atoms with Crippen LogP contribution in [-0.2, 0) is 12.8 Å². The van der Waals surface area contributed by atoms with Gasteiger partial charge in [0.1, 0.15) is 27.2 Å². The summed E-state index contributed by atoms with van der Waals surface area (Å²) in [4.78, 5) is 0. The van der Waals surface area contributed by atoms with Crippen LogP contribution in [0.5, 0.6) is 23.0 Å². The van der Waals surface area contributed by atoms with E-state index in [1.165, 1.54) is 44.8 Å². The molecule has 2 heterocycles. The third kappa shape index (κ3) is 6.72. The summed E-state index contributed by atoms with van der Waals surface area (Å²) in [6.07, 6.45) is 2.03. The number of ether oxygens (including phenoxy) is 4. The minimum absolute atomic E-state index is 0. The lowest BCUT2D eigenvalue weighted by Crippen LogP contribution is -3.00. The van der Waals surface area contributed by atoms with Crippen molar-refractivity contribution in [2.75, 3.05) is 55.6 Å². The number of hydrogen-bond acceptors (Lipinski definition) is 4. The van der Waals surface area contributed by atoms with Crippen LogP contribution in [0.3, 0.4) is 0 Å². The Hall–Kier alpha value is -3.85. The van der Waals surface area contributed by atoms with Gasteiger partial charge in [-0.2, -0.15) is 0 Å². The van der Waals surface area contributed by atoms with E-state index in [-0.39, 0.29) is 25.4 Å². The maximum absolute atomic E-state index is 5.46. The van der Waals surface area contributed by atoms with Crippen molar-refractivity contribution in [3.8, 4) is 23.0 Å². The van der Waals surface area contributed by atoms with E-state index in [9.17, 15) is 0 Å². The molecule has 0 saturated heterocycles. The van der Waals surface area contributed by atoms with E-state index in [0.717, 1.165) is 48.9 Å². The normalized spacial score (nSPS) is 13.5. The number of methoxy groups -OCH3 is 4. The lowest BCUT2D eigenvalue weighted by Gasteiger charge is -2.19. The Bertz CT molecular complexity index is 1520. The fraction of sp³-hybridized carbons (Fsp3) is 0.278. The molecule has 0 spiro atoms. The van der Waals surface area contributed by atoms with Gasteiger partial charge >= 0.3 is 0 Å². The molecule has 43 heavy (non-hydrogen) atoms.